The van der Waals surface area contributed by atoms with Crippen LogP contribution < -0.4 is 15.8 Å². The predicted molar refractivity (Wildman–Crippen MR) is 121 cm³/mol. The Morgan fingerprint density at radius 1 is 1.27 bits per heavy atom. The van der Waals surface area contributed by atoms with E-state index in [1.165, 1.54) is 22.3 Å². The molecule has 8 heteroatoms. The summed E-state index contributed by atoms with van der Waals surface area (Å²) in [5, 5.41) is 4.43. The van der Waals surface area contributed by atoms with Gasteiger partial charge in [0.25, 0.3) is 0 Å². The first-order chi connectivity index (χ1) is 14.4. The highest BCUT2D eigenvalue weighted by Gasteiger charge is 2.20. The maximum absolute atomic E-state index is 6.11. The largest absolute Gasteiger partial charge is 0.493 e. The van der Waals surface area contributed by atoms with Gasteiger partial charge in [-0.05, 0) is 57.4 Å². The van der Waals surface area contributed by atoms with Crippen LogP contribution in [0.1, 0.15) is 45.2 Å². The van der Waals surface area contributed by atoms with Crippen LogP contribution in [-0.2, 0) is 19.4 Å². The lowest BCUT2D eigenvalue weighted by atomic mass is 10.1. The fourth-order valence-corrected chi connectivity index (χ4v) is 4.76. The molecular formula is C22H30N6OS. The van der Waals surface area contributed by atoms with Crippen LogP contribution in [0.3, 0.4) is 0 Å². The molecule has 1 aromatic carbocycles. The molecule has 2 aromatic heterocycles. The summed E-state index contributed by atoms with van der Waals surface area (Å²) in [6, 6.07) is 4.44. The number of aryl methyl sites for hydroxylation is 2. The van der Waals surface area contributed by atoms with Gasteiger partial charge in [-0.1, -0.05) is 24.8 Å². The van der Waals surface area contributed by atoms with Crippen LogP contribution in [0.25, 0.3) is 11.2 Å². The van der Waals surface area contributed by atoms with Crippen molar-refractivity contribution in [2.75, 3.05) is 18.9 Å². The SMILES string of the molecule is CCc1cc2c(cc1Sc1nc3c(N)ncnc3n1CCCNC(C)(C)C)OCC2. The van der Waals surface area contributed by atoms with Crippen LogP contribution >= 0.6 is 11.8 Å². The number of ether oxygens (including phenoxy) is 1. The van der Waals surface area contributed by atoms with E-state index in [2.05, 4.69) is 59.7 Å². The molecule has 0 saturated heterocycles. The number of rotatable bonds is 7. The molecule has 0 spiro atoms. The molecule has 4 rings (SSSR count). The maximum atomic E-state index is 6.11. The summed E-state index contributed by atoms with van der Waals surface area (Å²) >= 11 is 1.66. The zero-order valence-corrected chi connectivity index (χ0v) is 19.0. The standard InChI is InChI=1S/C22H30N6OS/c1-5-14-11-15-7-10-29-16(15)12-17(14)30-21-27-18-19(23)24-13-25-20(18)28(21)9-6-8-26-22(2,3)4/h11-13,26H,5-10H2,1-4H3,(H2,23,24,25). The molecular weight excluding hydrogens is 396 g/mol. The van der Waals surface area contributed by atoms with Gasteiger partial charge in [-0.2, -0.15) is 0 Å². The molecule has 0 amide bonds. The number of hydrogen-bond donors (Lipinski definition) is 2. The second-order valence-corrected chi connectivity index (χ2v) is 9.64. The summed E-state index contributed by atoms with van der Waals surface area (Å²) in [5.41, 5.74) is 10.3. The van der Waals surface area contributed by atoms with Crippen LogP contribution in [0.4, 0.5) is 5.82 Å². The van der Waals surface area contributed by atoms with Gasteiger partial charge >= 0.3 is 0 Å². The Morgan fingerprint density at radius 2 is 2.10 bits per heavy atom. The summed E-state index contributed by atoms with van der Waals surface area (Å²) < 4.78 is 7.97. The van der Waals surface area contributed by atoms with E-state index in [1.54, 1.807) is 11.8 Å². The molecule has 160 valence electrons. The van der Waals surface area contributed by atoms with Gasteiger partial charge in [0.2, 0.25) is 0 Å². The zero-order chi connectivity index (χ0) is 21.3. The number of imidazole rings is 1. The van der Waals surface area contributed by atoms with E-state index >= 15 is 0 Å². The number of nitrogens with one attached hydrogen (secondary N) is 1. The Kier molecular flexibility index (Phi) is 5.88. The Bertz CT molecular complexity index is 1060. The van der Waals surface area contributed by atoms with E-state index in [-0.39, 0.29) is 5.54 Å². The predicted octanol–water partition coefficient (Wildman–Crippen LogP) is 3.84. The molecule has 7 nitrogen and oxygen atoms in total. The van der Waals surface area contributed by atoms with E-state index in [9.17, 15) is 0 Å². The van der Waals surface area contributed by atoms with Crippen LogP contribution in [0.5, 0.6) is 5.75 Å². The maximum Gasteiger partial charge on any atom is 0.175 e. The molecule has 0 radical (unpaired) electrons. The lowest BCUT2D eigenvalue weighted by Gasteiger charge is -2.20. The van der Waals surface area contributed by atoms with Gasteiger partial charge < -0.3 is 20.4 Å². The van der Waals surface area contributed by atoms with Crippen molar-refractivity contribution in [2.45, 2.75) is 69.1 Å². The third-order valence-corrected chi connectivity index (χ3v) is 6.29. The lowest BCUT2D eigenvalue weighted by Crippen LogP contribution is -2.36. The van der Waals surface area contributed by atoms with Crippen molar-refractivity contribution >= 4 is 28.7 Å². The Morgan fingerprint density at radius 3 is 2.87 bits per heavy atom. The van der Waals surface area contributed by atoms with E-state index in [4.69, 9.17) is 15.5 Å². The molecule has 0 saturated carbocycles. The minimum absolute atomic E-state index is 0.0988. The van der Waals surface area contributed by atoms with Gasteiger partial charge in [0.1, 0.15) is 12.1 Å². The number of nitrogens with two attached hydrogens (primary N) is 1. The first-order valence-electron chi connectivity index (χ1n) is 10.5. The summed E-state index contributed by atoms with van der Waals surface area (Å²) in [4.78, 5) is 14.6. The summed E-state index contributed by atoms with van der Waals surface area (Å²) in [6.45, 7) is 11.2. The Hall–Kier alpha value is -2.32. The molecule has 3 N–H and O–H groups in total. The summed E-state index contributed by atoms with van der Waals surface area (Å²) in [7, 11) is 0. The second-order valence-electron chi connectivity index (χ2n) is 8.63. The van der Waals surface area contributed by atoms with Crippen molar-refractivity contribution in [1.82, 2.24) is 24.8 Å². The zero-order valence-electron chi connectivity index (χ0n) is 18.2. The molecule has 30 heavy (non-hydrogen) atoms. The average Bonchev–Trinajstić information content (AvgIpc) is 3.29. The minimum Gasteiger partial charge on any atom is -0.493 e. The van der Waals surface area contributed by atoms with Gasteiger partial charge in [0, 0.05) is 23.4 Å². The highest BCUT2D eigenvalue weighted by molar-refractivity contribution is 7.99. The van der Waals surface area contributed by atoms with Crippen LogP contribution in [0, 0.1) is 0 Å². The van der Waals surface area contributed by atoms with E-state index < -0.39 is 0 Å². The van der Waals surface area contributed by atoms with Gasteiger partial charge in [-0.25, -0.2) is 15.0 Å². The smallest absolute Gasteiger partial charge is 0.175 e. The number of fused-ring (bicyclic) bond motifs is 2. The topological polar surface area (TPSA) is 90.9 Å². The molecule has 0 aliphatic carbocycles. The highest BCUT2D eigenvalue weighted by atomic mass is 32.2. The number of aromatic nitrogens is 4. The first kappa shape index (κ1) is 20.9. The molecule has 0 fully saturated rings. The number of benzene rings is 1. The number of nitrogen functional groups attached to an aromatic ring is 1. The fraction of sp³-hybridized carbons (Fsp3) is 0.500. The molecule has 3 heterocycles. The van der Waals surface area contributed by atoms with E-state index in [0.29, 0.717) is 11.3 Å². The van der Waals surface area contributed by atoms with Crippen molar-refractivity contribution in [3.05, 3.63) is 29.6 Å². The minimum atomic E-state index is 0.0988. The van der Waals surface area contributed by atoms with Crippen molar-refractivity contribution in [3.8, 4) is 5.75 Å². The van der Waals surface area contributed by atoms with Crippen molar-refractivity contribution in [3.63, 3.8) is 0 Å². The number of nitrogens with zero attached hydrogens (tertiary/aromatic N) is 4. The second kappa shape index (κ2) is 8.43. The molecule has 0 unspecified atom stereocenters. The molecule has 0 atom stereocenters. The van der Waals surface area contributed by atoms with Crippen molar-refractivity contribution in [1.29, 1.82) is 0 Å². The van der Waals surface area contributed by atoms with Gasteiger partial charge in [-0.3, -0.25) is 0 Å². The third-order valence-electron chi connectivity index (χ3n) is 5.19. The summed E-state index contributed by atoms with van der Waals surface area (Å²) in [5.74, 6) is 1.41. The fourth-order valence-electron chi connectivity index (χ4n) is 3.64. The van der Waals surface area contributed by atoms with Crippen LogP contribution in [0.15, 0.2) is 28.5 Å². The van der Waals surface area contributed by atoms with Crippen molar-refractivity contribution < 1.29 is 4.74 Å². The lowest BCUT2D eigenvalue weighted by molar-refractivity contribution is 0.356. The highest BCUT2D eigenvalue weighted by Crippen LogP contribution is 2.38. The molecule has 3 aromatic rings. The van der Waals surface area contributed by atoms with Gasteiger partial charge in [0.05, 0.1) is 6.61 Å². The van der Waals surface area contributed by atoms with Gasteiger partial charge in [-0.15, -0.1) is 0 Å². The quantitative estimate of drug-likeness (QED) is 0.555. The Labute approximate surface area is 181 Å². The van der Waals surface area contributed by atoms with E-state index in [0.717, 1.165) is 55.5 Å². The Balaban J connectivity index is 1.66. The monoisotopic (exact) mass is 426 g/mol. The normalized spacial score (nSPS) is 13.6. The summed E-state index contributed by atoms with van der Waals surface area (Å²) in [6.07, 6.45) is 4.43. The average molecular weight is 427 g/mol. The van der Waals surface area contributed by atoms with Crippen LogP contribution in [-0.4, -0.2) is 38.2 Å². The van der Waals surface area contributed by atoms with Gasteiger partial charge in [0.15, 0.2) is 22.1 Å². The molecule has 1 aliphatic heterocycles. The first-order valence-corrected chi connectivity index (χ1v) is 11.4. The number of hydrogen-bond acceptors (Lipinski definition) is 7. The van der Waals surface area contributed by atoms with Crippen LogP contribution in [0.2, 0.25) is 0 Å². The van der Waals surface area contributed by atoms with E-state index in [1.807, 2.05) is 0 Å². The number of anilines is 1. The molecule has 0 bridgehead atoms. The van der Waals surface area contributed by atoms with Crippen molar-refractivity contribution in [2.24, 2.45) is 0 Å². The molecule has 1 aliphatic rings. The third kappa shape index (κ3) is 4.39.